The molecular formula is C16H22BrN. The minimum Gasteiger partial charge on any atom is -0.314 e. The van der Waals surface area contributed by atoms with E-state index in [1.165, 1.54) is 67.1 Å². The van der Waals surface area contributed by atoms with Crippen molar-refractivity contribution < 1.29 is 0 Å². The molecule has 0 spiro atoms. The van der Waals surface area contributed by atoms with Crippen molar-refractivity contribution in [2.45, 2.75) is 56.9 Å². The van der Waals surface area contributed by atoms with Gasteiger partial charge in [0, 0.05) is 10.5 Å². The lowest BCUT2D eigenvalue weighted by Crippen LogP contribution is -2.23. The monoisotopic (exact) mass is 307 g/mol. The predicted octanol–water partition coefficient (Wildman–Crippen LogP) is 4.40. The molecule has 0 bridgehead atoms. The maximum atomic E-state index is 3.79. The van der Waals surface area contributed by atoms with Crippen LogP contribution in [0.4, 0.5) is 0 Å². The van der Waals surface area contributed by atoms with Crippen molar-refractivity contribution in [1.29, 1.82) is 0 Å². The van der Waals surface area contributed by atoms with E-state index in [4.69, 9.17) is 0 Å². The molecule has 1 unspecified atom stereocenters. The lowest BCUT2D eigenvalue weighted by atomic mass is 9.95. The topological polar surface area (TPSA) is 12.0 Å². The molecule has 1 aromatic carbocycles. The minimum absolute atomic E-state index is 0.703. The molecule has 1 aliphatic heterocycles. The predicted molar refractivity (Wildman–Crippen MR) is 80.1 cm³/mol. The Bertz CT molecular complexity index is 404. The summed E-state index contributed by atoms with van der Waals surface area (Å²) in [6, 6.07) is 7.77. The van der Waals surface area contributed by atoms with Gasteiger partial charge < -0.3 is 5.32 Å². The molecule has 3 rings (SSSR count). The van der Waals surface area contributed by atoms with Crippen LogP contribution in [0.1, 0.15) is 55.6 Å². The van der Waals surface area contributed by atoms with Crippen LogP contribution in [0.3, 0.4) is 0 Å². The summed E-state index contributed by atoms with van der Waals surface area (Å²) >= 11 is 3.79. The van der Waals surface area contributed by atoms with Crippen LogP contribution in [-0.4, -0.2) is 12.6 Å². The maximum absolute atomic E-state index is 3.79. The van der Waals surface area contributed by atoms with Gasteiger partial charge in [-0.05, 0) is 61.8 Å². The Balaban J connectivity index is 1.71. The molecule has 1 aliphatic carbocycles. The Morgan fingerprint density at radius 1 is 1.11 bits per heavy atom. The average Bonchev–Trinajstić information content (AvgIpc) is 3.01. The Morgan fingerprint density at radius 2 is 1.94 bits per heavy atom. The van der Waals surface area contributed by atoms with E-state index in [2.05, 4.69) is 39.4 Å². The lowest BCUT2D eigenvalue weighted by Gasteiger charge is -2.15. The number of hydrogen-bond acceptors (Lipinski definition) is 1. The van der Waals surface area contributed by atoms with Crippen LogP contribution < -0.4 is 5.32 Å². The number of nitrogens with one attached hydrogen (secondary N) is 1. The van der Waals surface area contributed by atoms with Crippen molar-refractivity contribution in [3.8, 4) is 0 Å². The van der Waals surface area contributed by atoms with Crippen molar-refractivity contribution in [2.75, 3.05) is 6.54 Å². The van der Waals surface area contributed by atoms with E-state index in [1.807, 2.05) is 0 Å². The summed E-state index contributed by atoms with van der Waals surface area (Å²) in [5.74, 6) is 0.804. The first-order chi connectivity index (χ1) is 8.83. The molecule has 1 atom stereocenters. The molecule has 1 saturated heterocycles. The molecule has 0 amide bonds. The van der Waals surface area contributed by atoms with Crippen molar-refractivity contribution >= 4 is 15.9 Å². The zero-order chi connectivity index (χ0) is 12.4. The van der Waals surface area contributed by atoms with Crippen LogP contribution in [0.2, 0.25) is 0 Å². The van der Waals surface area contributed by atoms with Crippen LogP contribution in [0.5, 0.6) is 0 Å². The van der Waals surface area contributed by atoms with E-state index in [9.17, 15) is 0 Å². The van der Waals surface area contributed by atoms with E-state index < -0.39 is 0 Å². The van der Waals surface area contributed by atoms with Gasteiger partial charge in [0.1, 0.15) is 0 Å². The van der Waals surface area contributed by atoms with Gasteiger partial charge in [-0.2, -0.15) is 0 Å². The zero-order valence-electron chi connectivity index (χ0n) is 10.9. The zero-order valence-corrected chi connectivity index (χ0v) is 12.5. The maximum Gasteiger partial charge on any atom is 0.0212 e. The standard InChI is InChI=1S/C16H22BrN/c17-16-11-12(10-14-6-3-9-18-14)7-8-15(16)13-4-1-2-5-13/h7-8,11,13-14,18H,1-6,9-10H2. The molecule has 0 radical (unpaired) electrons. The van der Waals surface area contributed by atoms with Crippen LogP contribution >= 0.6 is 15.9 Å². The van der Waals surface area contributed by atoms with E-state index in [0.717, 1.165) is 5.92 Å². The minimum atomic E-state index is 0.703. The first-order valence-electron chi connectivity index (χ1n) is 7.34. The molecule has 1 nitrogen and oxygen atoms in total. The summed E-state index contributed by atoms with van der Waals surface area (Å²) in [7, 11) is 0. The first-order valence-corrected chi connectivity index (χ1v) is 8.14. The summed E-state index contributed by atoms with van der Waals surface area (Å²) in [4.78, 5) is 0. The van der Waals surface area contributed by atoms with E-state index >= 15 is 0 Å². The molecule has 1 N–H and O–H groups in total. The number of rotatable bonds is 3. The van der Waals surface area contributed by atoms with Crippen LogP contribution in [0.15, 0.2) is 22.7 Å². The van der Waals surface area contributed by atoms with Gasteiger partial charge in [-0.3, -0.25) is 0 Å². The lowest BCUT2D eigenvalue weighted by molar-refractivity contribution is 0.602. The Hall–Kier alpha value is -0.340. The SMILES string of the molecule is Brc1cc(CC2CCCN2)ccc1C1CCCC1. The molecule has 2 fully saturated rings. The van der Waals surface area contributed by atoms with Crippen molar-refractivity contribution in [3.05, 3.63) is 33.8 Å². The van der Waals surface area contributed by atoms with Gasteiger partial charge in [-0.1, -0.05) is 40.9 Å². The fourth-order valence-corrected chi connectivity index (χ4v) is 4.23. The van der Waals surface area contributed by atoms with Gasteiger partial charge in [-0.15, -0.1) is 0 Å². The third-order valence-electron chi connectivity index (χ3n) is 4.50. The summed E-state index contributed by atoms with van der Waals surface area (Å²) in [5, 5.41) is 3.58. The molecule has 98 valence electrons. The second-order valence-corrected chi connectivity index (χ2v) is 6.69. The number of benzene rings is 1. The summed E-state index contributed by atoms with van der Waals surface area (Å²) in [6.07, 6.45) is 9.43. The van der Waals surface area contributed by atoms with Gasteiger partial charge in [0.2, 0.25) is 0 Å². The highest BCUT2D eigenvalue weighted by atomic mass is 79.9. The molecule has 2 aliphatic rings. The fraction of sp³-hybridized carbons (Fsp3) is 0.625. The molecule has 2 heteroatoms. The second-order valence-electron chi connectivity index (χ2n) is 5.83. The van der Waals surface area contributed by atoms with Crippen LogP contribution in [0, 0.1) is 0 Å². The third-order valence-corrected chi connectivity index (χ3v) is 5.19. The third kappa shape index (κ3) is 2.80. The Morgan fingerprint density at radius 3 is 2.61 bits per heavy atom. The van der Waals surface area contributed by atoms with Crippen molar-refractivity contribution in [1.82, 2.24) is 5.32 Å². The molecule has 1 aromatic rings. The van der Waals surface area contributed by atoms with E-state index in [1.54, 1.807) is 0 Å². The van der Waals surface area contributed by atoms with Gasteiger partial charge in [-0.25, -0.2) is 0 Å². The first kappa shape index (κ1) is 12.7. The van der Waals surface area contributed by atoms with Gasteiger partial charge >= 0.3 is 0 Å². The van der Waals surface area contributed by atoms with Gasteiger partial charge in [0.05, 0.1) is 0 Å². The number of hydrogen-bond donors (Lipinski definition) is 1. The Labute approximate surface area is 118 Å². The van der Waals surface area contributed by atoms with E-state index in [0.29, 0.717) is 6.04 Å². The van der Waals surface area contributed by atoms with Crippen LogP contribution in [-0.2, 0) is 6.42 Å². The van der Waals surface area contributed by atoms with Gasteiger partial charge in [0.15, 0.2) is 0 Å². The highest BCUT2D eigenvalue weighted by molar-refractivity contribution is 9.10. The normalized spacial score (nSPS) is 24.8. The smallest absolute Gasteiger partial charge is 0.0212 e. The van der Waals surface area contributed by atoms with Crippen molar-refractivity contribution in [3.63, 3.8) is 0 Å². The highest BCUT2D eigenvalue weighted by Crippen LogP contribution is 2.38. The van der Waals surface area contributed by atoms with Crippen molar-refractivity contribution in [2.24, 2.45) is 0 Å². The fourth-order valence-electron chi connectivity index (χ4n) is 3.48. The quantitative estimate of drug-likeness (QED) is 0.872. The van der Waals surface area contributed by atoms with Gasteiger partial charge in [0.25, 0.3) is 0 Å². The molecule has 1 heterocycles. The summed E-state index contributed by atoms with van der Waals surface area (Å²) < 4.78 is 1.34. The average molecular weight is 308 g/mol. The van der Waals surface area contributed by atoms with E-state index in [-0.39, 0.29) is 0 Å². The summed E-state index contributed by atoms with van der Waals surface area (Å²) in [6.45, 7) is 1.20. The molecule has 0 aromatic heterocycles. The Kier molecular flexibility index (Phi) is 4.05. The number of halogens is 1. The second kappa shape index (κ2) is 5.75. The van der Waals surface area contributed by atoms with Crippen LogP contribution in [0.25, 0.3) is 0 Å². The molecular weight excluding hydrogens is 286 g/mol. The molecule has 1 saturated carbocycles. The molecule has 18 heavy (non-hydrogen) atoms. The summed E-state index contributed by atoms with van der Waals surface area (Å²) in [5.41, 5.74) is 3.01. The highest BCUT2D eigenvalue weighted by Gasteiger charge is 2.20. The largest absolute Gasteiger partial charge is 0.314 e.